The largest absolute Gasteiger partial charge is 0.364 e. The van der Waals surface area contributed by atoms with Crippen molar-refractivity contribution in [1.82, 2.24) is 14.5 Å². The van der Waals surface area contributed by atoms with Crippen molar-refractivity contribution < 1.29 is 9.53 Å². The van der Waals surface area contributed by atoms with E-state index in [1.54, 1.807) is 6.20 Å². The monoisotopic (exact) mass is 250 g/mol. The van der Waals surface area contributed by atoms with E-state index in [4.69, 9.17) is 10.5 Å². The first-order valence-electron chi connectivity index (χ1n) is 6.42. The molecule has 6 heteroatoms. The Hall–Kier alpha value is -1.40. The van der Waals surface area contributed by atoms with Crippen LogP contribution < -0.4 is 5.73 Å². The normalized spacial score (nSPS) is 27.3. The molecule has 2 atom stereocenters. The summed E-state index contributed by atoms with van der Waals surface area (Å²) >= 11 is 0. The maximum Gasteiger partial charge on any atom is 0.252 e. The molecule has 2 aliphatic rings. The number of carbonyl (C=O) groups is 1. The van der Waals surface area contributed by atoms with E-state index in [-0.39, 0.29) is 18.1 Å². The Balaban J connectivity index is 1.64. The average molecular weight is 250 g/mol. The standard InChI is InChI=1S/C12H18N4O2/c13-7-9-1-2-10(18-9)12(17)16-6-5-15-4-3-14-11(15)8-16/h3-4,9-10H,1-2,5-8,13H2. The molecule has 0 spiro atoms. The molecular formula is C12H18N4O2. The van der Waals surface area contributed by atoms with Crippen LogP contribution in [0.15, 0.2) is 12.4 Å². The molecule has 18 heavy (non-hydrogen) atoms. The van der Waals surface area contributed by atoms with E-state index < -0.39 is 0 Å². The molecule has 0 bridgehead atoms. The zero-order chi connectivity index (χ0) is 12.5. The average Bonchev–Trinajstić information content (AvgIpc) is 3.05. The van der Waals surface area contributed by atoms with Crippen LogP contribution in [0.2, 0.25) is 0 Å². The highest BCUT2D eigenvalue weighted by molar-refractivity contribution is 5.81. The molecule has 6 nitrogen and oxygen atoms in total. The third kappa shape index (κ3) is 2.02. The van der Waals surface area contributed by atoms with Crippen molar-refractivity contribution in [3.05, 3.63) is 18.2 Å². The van der Waals surface area contributed by atoms with Gasteiger partial charge in [-0.15, -0.1) is 0 Å². The molecule has 98 valence electrons. The molecule has 1 amide bonds. The molecule has 0 saturated carbocycles. The summed E-state index contributed by atoms with van der Waals surface area (Å²) in [5.74, 6) is 1.03. The molecule has 1 aromatic heterocycles. The summed E-state index contributed by atoms with van der Waals surface area (Å²) in [7, 11) is 0. The van der Waals surface area contributed by atoms with Gasteiger partial charge in [-0.3, -0.25) is 4.79 Å². The zero-order valence-electron chi connectivity index (χ0n) is 10.3. The van der Waals surface area contributed by atoms with Gasteiger partial charge in [-0.25, -0.2) is 4.98 Å². The third-order valence-electron chi connectivity index (χ3n) is 3.70. The van der Waals surface area contributed by atoms with Gasteiger partial charge in [0, 0.05) is 32.0 Å². The topological polar surface area (TPSA) is 73.4 Å². The fourth-order valence-electron chi connectivity index (χ4n) is 2.63. The molecule has 1 fully saturated rings. The second-order valence-electron chi connectivity index (χ2n) is 4.86. The molecule has 1 saturated heterocycles. The van der Waals surface area contributed by atoms with Crippen LogP contribution in [0.1, 0.15) is 18.7 Å². The maximum atomic E-state index is 12.3. The van der Waals surface area contributed by atoms with E-state index in [0.29, 0.717) is 13.1 Å². The quantitative estimate of drug-likeness (QED) is 0.784. The van der Waals surface area contributed by atoms with Crippen LogP contribution in [0.5, 0.6) is 0 Å². The minimum Gasteiger partial charge on any atom is -0.364 e. The summed E-state index contributed by atoms with van der Waals surface area (Å²) in [6, 6.07) is 0. The van der Waals surface area contributed by atoms with Gasteiger partial charge in [0.15, 0.2) is 0 Å². The Labute approximate surface area is 106 Å². The number of fused-ring (bicyclic) bond motifs is 1. The summed E-state index contributed by atoms with van der Waals surface area (Å²) in [5.41, 5.74) is 5.56. The van der Waals surface area contributed by atoms with Crippen molar-refractivity contribution >= 4 is 5.91 Å². The number of carbonyl (C=O) groups excluding carboxylic acids is 1. The second kappa shape index (κ2) is 4.70. The lowest BCUT2D eigenvalue weighted by Gasteiger charge is -2.29. The number of hydrogen-bond donors (Lipinski definition) is 1. The van der Waals surface area contributed by atoms with Gasteiger partial charge in [-0.05, 0) is 12.8 Å². The van der Waals surface area contributed by atoms with E-state index in [1.807, 2.05) is 11.1 Å². The first-order chi connectivity index (χ1) is 8.78. The van der Waals surface area contributed by atoms with E-state index in [1.165, 1.54) is 0 Å². The number of imidazole rings is 1. The van der Waals surface area contributed by atoms with Gasteiger partial charge in [0.05, 0.1) is 12.6 Å². The van der Waals surface area contributed by atoms with Crippen molar-refractivity contribution in [3.63, 3.8) is 0 Å². The highest BCUT2D eigenvalue weighted by atomic mass is 16.5. The number of amides is 1. The van der Waals surface area contributed by atoms with Crippen molar-refractivity contribution in [1.29, 1.82) is 0 Å². The highest BCUT2D eigenvalue weighted by Crippen LogP contribution is 2.22. The Morgan fingerprint density at radius 2 is 2.39 bits per heavy atom. The number of ether oxygens (including phenoxy) is 1. The molecule has 2 N–H and O–H groups in total. The van der Waals surface area contributed by atoms with Gasteiger partial charge >= 0.3 is 0 Å². The van der Waals surface area contributed by atoms with Crippen LogP contribution in [0.4, 0.5) is 0 Å². The minimum absolute atomic E-state index is 0.0470. The summed E-state index contributed by atoms with van der Waals surface area (Å²) in [4.78, 5) is 18.4. The molecule has 2 aliphatic heterocycles. The number of nitrogens with zero attached hydrogens (tertiary/aromatic N) is 3. The number of aromatic nitrogens is 2. The summed E-state index contributed by atoms with van der Waals surface area (Å²) in [5, 5.41) is 0. The molecule has 2 unspecified atom stereocenters. The van der Waals surface area contributed by atoms with Gasteiger partial charge < -0.3 is 19.9 Å². The minimum atomic E-state index is -0.305. The summed E-state index contributed by atoms with van der Waals surface area (Å²) in [6.45, 7) is 2.62. The van der Waals surface area contributed by atoms with Crippen molar-refractivity contribution in [2.75, 3.05) is 13.1 Å². The molecule has 0 aliphatic carbocycles. The van der Waals surface area contributed by atoms with Gasteiger partial charge in [0.1, 0.15) is 11.9 Å². The summed E-state index contributed by atoms with van der Waals surface area (Å²) in [6.07, 6.45) is 5.14. The highest BCUT2D eigenvalue weighted by Gasteiger charge is 2.34. The lowest BCUT2D eigenvalue weighted by molar-refractivity contribution is -0.144. The third-order valence-corrected chi connectivity index (χ3v) is 3.70. The van der Waals surface area contributed by atoms with Gasteiger partial charge in [-0.1, -0.05) is 0 Å². The van der Waals surface area contributed by atoms with Gasteiger partial charge in [0.25, 0.3) is 5.91 Å². The van der Waals surface area contributed by atoms with Crippen molar-refractivity contribution in [3.8, 4) is 0 Å². The first-order valence-corrected chi connectivity index (χ1v) is 6.42. The lowest BCUT2D eigenvalue weighted by Crippen LogP contribution is -2.43. The Bertz CT molecular complexity index is 445. The molecular weight excluding hydrogens is 232 g/mol. The van der Waals surface area contributed by atoms with E-state index in [9.17, 15) is 4.79 Å². The first kappa shape index (κ1) is 11.7. The van der Waals surface area contributed by atoms with Crippen LogP contribution in [0.3, 0.4) is 0 Å². The smallest absolute Gasteiger partial charge is 0.252 e. The SMILES string of the molecule is NCC1CCC(C(=O)N2CCn3ccnc3C2)O1. The molecule has 1 aromatic rings. The molecule has 3 heterocycles. The summed E-state index contributed by atoms with van der Waals surface area (Å²) < 4.78 is 7.74. The van der Waals surface area contributed by atoms with Gasteiger partial charge in [-0.2, -0.15) is 0 Å². The van der Waals surface area contributed by atoms with E-state index >= 15 is 0 Å². The number of nitrogens with two attached hydrogens (primary N) is 1. The van der Waals surface area contributed by atoms with Gasteiger partial charge in [0.2, 0.25) is 0 Å². The van der Waals surface area contributed by atoms with Crippen molar-refractivity contribution in [2.24, 2.45) is 5.73 Å². The van der Waals surface area contributed by atoms with Crippen molar-refractivity contribution in [2.45, 2.75) is 38.1 Å². The predicted octanol–water partition coefficient (Wildman–Crippen LogP) is -0.268. The predicted molar refractivity (Wildman–Crippen MR) is 64.6 cm³/mol. The molecule has 0 radical (unpaired) electrons. The Morgan fingerprint density at radius 1 is 1.50 bits per heavy atom. The van der Waals surface area contributed by atoms with Crippen LogP contribution in [-0.4, -0.2) is 45.7 Å². The number of hydrogen-bond acceptors (Lipinski definition) is 4. The lowest BCUT2D eigenvalue weighted by atomic mass is 10.1. The zero-order valence-corrected chi connectivity index (χ0v) is 10.3. The Morgan fingerprint density at radius 3 is 3.17 bits per heavy atom. The number of rotatable bonds is 2. The molecule has 3 rings (SSSR count). The van der Waals surface area contributed by atoms with Crippen LogP contribution in [0.25, 0.3) is 0 Å². The fourth-order valence-corrected chi connectivity index (χ4v) is 2.63. The van der Waals surface area contributed by atoms with E-state index in [2.05, 4.69) is 9.55 Å². The Kier molecular flexibility index (Phi) is 3.05. The van der Waals surface area contributed by atoms with Crippen LogP contribution in [0, 0.1) is 0 Å². The molecule has 0 aromatic carbocycles. The van der Waals surface area contributed by atoms with Crippen LogP contribution in [-0.2, 0) is 22.6 Å². The fraction of sp³-hybridized carbons (Fsp3) is 0.667. The van der Waals surface area contributed by atoms with E-state index in [0.717, 1.165) is 31.8 Å². The van der Waals surface area contributed by atoms with Crippen LogP contribution >= 0.6 is 0 Å². The maximum absolute atomic E-state index is 12.3. The second-order valence-corrected chi connectivity index (χ2v) is 4.86.